The van der Waals surface area contributed by atoms with Crippen molar-refractivity contribution in [1.29, 1.82) is 0 Å². The van der Waals surface area contributed by atoms with Gasteiger partial charge < -0.3 is 10.2 Å². The summed E-state index contributed by atoms with van der Waals surface area (Å²) in [6.07, 6.45) is 2.91. The Morgan fingerprint density at radius 2 is 1.88 bits per heavy atom. The molecule has 0 radical (unpaired) electrons. The molecule has 0 amide bonds. The zero-order valence-corrected chi connectivity index (χ0v) is 16.0. The van der Waals surface area contributed by atoms with Crippen LogP contribution in [0.25, 0.3) is 10.8 Å². The standard InChI is InChI=1S/C22H23N3S/c1-15(2)24-22(26)25-14-12-17-8-4-6-10-19(17)21(25)20-18-9-5-3-7-16(18)11-13-23-20/h3-11,13,15,21H,12,14H2,1-2H3,(H,24,26)/t21-/m1/s1. The number of aromatic nitrogens is 1. The van der Waals surface area contributed by atoms with E-state index in [-0.39, 0.29) is 6.04 Å². The molecule has 0 fully saturated rings. The highest BCUT2D eigenvalue weighted by atomic mass is 32.1. The zero-order valence-electron chi connectivity index (χ0n) is 15.1. The summed E-state index contributed by atoms with van der Waals surface area (Å²) in [7, 11) is 0. The van der Waals surface area contributed by atoms with E-state index in [1.165, 1.54) is 21.9 Å². The highest BCUT2D eigenvalue weighted by molar-refractivity contribution is 7.80. The third kappa shape index (κ3) is 3.06. The van der Waals surface area contributed by atoms with Gasteiger partial charge in [-0.3, -0.25) is 4.98 Å². The number of nitrogens with zero attached hydrogens (tertiary/aromatic N) is 2. The molecule has 1 aliphatic rings. The Labute approximate surface area is 160 Å². The molecule has 3 aromatic rings. The molecular formula is C22H23N3S. The Kier molecular flexibility index (Phi) is 4.60. The maximum absolute atomic E-state index is 5.77. The minimum Gasteiger partial charge on any atom is -0.360 e. The number of thiocarbonyl (C=S) groups is 1. The van der Waals surface area contributed by atoms with E-state index >= 15 is 0 Å². The van der Waals surface area contributed by atoms with Gasteiger partial charge >= 0.3 is 0 Å². The molecule has 2 aromatic carbocycles. The first kappa shape index (κ1) is 17.0. The molecule has 0 bridgehead atoms. The maximum atomic E-state index is 5.77. The first-order valence-corrected chi connectivity index (χ1v) is 9.54. The fourth-order valence-corrected chi connectivity index (χ4v) is 4.20. The number of pyridine rings is 1. The number of hydrogen-bond acceptors (Lipinski definition) is 2. The lowest BCUT2D eigenvalue weighted by Gasteiger charge is -2.39. The van der Waals surface area contributed by atoms with Crippen LogP contribution in [-0.4, -0.2) is 27.6 Å². The molecule has 3 nitrogen and oxygen atoms in total. The molecule has 132 valence electrons. The molecule has 4 heteroatoms. The molecule has 1 atom stereocenters. The van der Waals surface area contributed by atoms with Gasteiger partial charge in [-0.15, -0.1) is 0 Å². The first-order valence-electron chi connectivity index (χ1n) is 9.13. The molecule has 2 heterocycles. The van der Waals surface area contributed by atoms with Crippen molar-refractivity contribution in [3.63, 3.8) is 0 Å². The summed E-state index contributed by atoms with van der Waals surface area (Å²) >= 11 is 5.77. The van der Waals surface area contributed by atoms with Crippen LogP contribution in [0.2, 0.25) is 0 Å². The fraction of sp³-hybridized carbons (Fsp3) is 0.273. The molecule has 0 saturated heterocycles. The van der Waals surface area contributed by atoms with E-state index in [9.17, 15) is 0 Å². The number of benzene rings is 2. The van der Waals surface area contributed by atoms with Crippen LogP contribution in [0.1, 0.15) is 36.7 Å². The van der Waals surface area contributed by atoms with Crippen molar-refractivity contribution in [2.75, 3.05) is 6.54 Å². The monoisotopic (exact) mass is 361 g/mol. The fourth-order valence-electron chi connectivity index (χ4n) is 3.77. The zero-order chi connectivity index (χ0) is 18.1. The van der Waals surface area contributed by atoms with Crippen molar-refractivity contribution in [3.05, 3.63) is 77.6 Å². The summed E-state index contributed by atoms with van der Waals surface area (Å²) < 4.78 is 0. The van der Waals surface area contributed by atoms with Crippen LogP contribution in [0.15, 0.2) is 60.8 Å². The second-order valence-corrected chi connectivity index (χ2v) is 7.45. The molecule has 0 aliphatic carbocycles. The van der Waals surface area contributed by atoms with E-state index in [1.807, 2.05) is 6.20 Å². The largest absolute Gasteiger partial charge is 0.360 e. The SMILES string of the molecule is CC(C)NC(=S)N1CCc2ccccc2[C@@H]1c1nccc2ccccc12. The second kappa shape index (κ2) is 7.04. The first-order chi connectivity index (χ1) is 12.6. The van der Waals surface area contributed by atoms with Gasteiger partial charge in [0.15, 0.2) is 5.11 Å². The Bertz CT molecular complexity index is 946. The maximum Gasteiger partial charge on any atom is 0.169 e. The van der Waals surface area contributed by atoms with Gasteiger partial charge in [0.2, 0.25) is 0 Å². The number of rotatable bonds is 2. The predicted molar refractivity (Wildman–Crippen MR) is 111 cm³/mol. The van der Waals surface area contributed by atoms with E-state index in [4.69, 9.17) is 17.2 Å². The number of nitrogens with one attached hydrogen (secondary N) is 1. The van der Waals surface area contributed by atoms with E-state index in [1.54, 1.807) is 0 Å². The van der Waals surface area contributed by atoms with Gasteiger partial charge in [0.1, 0.15) is 0 Å². The quantitative estimate of drug-likeness (QED) is 0.682. The highest BCUT2D eigenvalue weighted by Crippen LogP contribution is 2.37. The highest BCUT2D eigenvalue weighted by Gasteiger charge is 2.32. The molecule has 4 rings (SSSR count). The summed E-state index contributed by atoms with van der Waals surface area (Å²) in [4.78, 5) is 7.11. The Morgan fingerprint density at radius 3 is 2.73 bits per heavy atom. The molecule has 1 aromatic heterocycles. The van der Waals surface area contributed by atoms with Crippen molar-refractivity contribution in [2.24, 2.45) is 0 Å². The van der Waals surface area contributed by atoms with Gasteiger partial charge in [-0.2, -0.15) is 0 Å². The topological polar surface area (TPSA) is 28.2 Å². The normalized spacial score (nSPS) is 16.6. The summed E-state index contributed by atoms with van der Waals surface area (Å²) in [6.45, 7) is 5.13. The molecule has 0 spiro atoms. The van der Waals surface area contributed by atoms with E-state index in [2.05, 4.69) is 78.7 Å². The molecule has 1 N–H and O–H groups in total. The van der Waals surface area contributed by atoms with Gasteiger partial charge in [0.25, 0.3) is 0 Å². The van der Waals surface area contributed by atoms with Crippen molar-refractivity contribution in [3.8, 4) is 0 Å². The summed E-state index contributed by atoms with van der Waals surface area (Å²) in [5, 5.41) is 6.62. The minimum atomic E-state index is 0.0322. The van der Waals surface area contributed by atoms with Gasteiger partial charge in [-0.05, 0) is 55.1 Å². The van der Waals surface area contributed by atoms with E-state index < -0.39 is 0 Å². The van der Waals surface area contributed by atoms with Crippen LogP contribution >= 0.6 is 12.2 Å². The molecule has 0 unspecified atom stereocenters. The van der Waals surface area contributed by atoms with Crippen LogP contribution < -0.4 is 5.32 Å². The van der Waals surface area contributed by atoms with Gasteiger partial charge in [-0.1, -0.05) is 48.5 Å². The minimum absolute atomic E-state index is 0.0322. The Morgan fingerprint density at radius 1 is 1.12 bits per heavy atom. The van der Waals surface area contributed by atoms with E-state index in [0.29, 0.717) is 6.04 Å². The van der Waals surface area contributed by atoms with Crippen LogP contribution in [0.5, 0.6) is 0 Å². The van der Waals surface area contributed by atoms with Gasteiger partial charge in [-0.25, -0.2) is 0 Å². The van der Waals surface area contributed by atoms with Crippen molar-refractivity contribution < 1.29 is 0 Å². The number of hydrogen-bond donors (Lipinski definition) is 1. The summed E-state index contributed by atoms with van der Waals surface area (Å²) in [5.41, 5.74) is 3.76. The third-order valence-corrected chi connectivity index (χ3v) is 5.27. The van der Waals surface area contributed by atoms with Crippen LogP contribution in [0.4, 0.5) is 0 Å². The average Bonchev–Trinajstić information content (AvgIpc) is 2.66. The lowest BCUT2D eigenvalue weighted by atomic mass is 9.89. The second-order valence-electron chi connectivity index (χ2n) is 7.07. The lowest BCUT2D eigenvalue weighted by molar-refractivity contribution is 0.327. The van der Waals surface area contributed by atoms with Crippen LogP contribution in [0, 0.1) is 0 Å². The third-order valence-electron chi connectivity index (χ3n) is 4.92. The van der Waals surface area contributed by atoms with Crippen LogP contribution in [-0.2, 0) is 6.42 Å². The lowest BCUT2D eigenvalue weighted by Crippen LogP contribution is -2.48. The Hall–Kier alpha value is -2.46. The smallest absolute Gasteiger partial charge is 0.169 e. The summed E-state index contributed by atoms with van der Waals surface area (Å²) in [6, 6.07) is 19.5. The summed E-state index contributed by atoms with van der Waals surface area (Å²) in [5.74, 6) is 0. The van der Waals surface area contributed by atoms with Crippen molar-refractivity contribution in [2.45, 2.75) is 32.4 Å². The predicted octanol–water partition coefficient (Wildman–Crippen LogP) is 4.47. The van der Waals surface area contributed by atoms with Crippen molar-refractivity contribution >= 4 is 28.1 Å². The average molecular weight is 362 g/mol. The number of fused-ring (bicyclic) bond motifs is 2. The molecule has 1 aliphatic heterocycles. The van der Waals surface area contributed by atoms with Crippen LogP contribution in [0.3, 0.4) is 0 Å². The van der Waals surface area contributed by atoms with Crippen molar-refractivity contribution in [1.82, 2.24) is 15.2 Å². The van der Waals surface area contributed by atoms with Gasteiger partial charge in [0, 0.05) is 24.2 Å². The van der Waals surface area contributed by atoms with Gasteiger partial charge in [0.05, 0.1) is 11.7 Å². The molecular weight excluding hydrogens is 338 g/mol. The van der Waals surface area contributed by atoms with E-state index in [0.717, 1.165) is 23.8 Å². The molecule has 0 saturated carbocycles. The Balaban J connectivity index is 1.89. The molecule has 26 heavy (non-hydrogen) atoms.